The van der Waals surface area contributed by atoms with Crippen LogP contribution < -0.4 is 14.8 Å². The Bertz CT molecular complexity index is 586. The van der Waals surface area contributed by atoms with Gasteiger partial charge in [0.1, 0.15) is 13.2 Å². The third-order valence-corrected chi connectivity index (χ3v) is 4.56. The minimum absolute atomic E-state index is 0.259. The van der Waals surface area contributed by atoms with E-state index in [-0.39, 0.29) is 6.04 Å². The Morgan fingerprint density at radius 2 is 2.05 bits per heavy atom. The first kappa shape index (κ1) is 13.6. The SMILES string of the molecule is CCC(Nc1cc2c(cc1Cl)OCCO2)c1cccs1. The first-order chi connectivity index (χ1) is 9.78. The second-order valence-electron chi connectivity index (χ2n) is 4.60. The number of anilines is 1. The van der Waals surface area contributed by atoms with E-state index in [0.29, 0.717) is 18.2 Å². The molecule has 1 N–H and O–H groups in total. The van der Waals surface area contributed by atoms with Gasteiger partial charge in [0.2, 0.25) is 0 Å². The van der Waals surface area contributed by atoms with Crippen LogP contribution in [0.4, 0.5) is 5.69 Å². The molecular weight excluding hydrogens is 294 g/mol. The number of hydrogen-bond donors (Lipinski definition) is 1. The maximum Gasteiger partial charge on any atom is 0.163 e. The van der Waals surface area contributed by atoms with Crippen molar-refractivity contribution in [3.63, 3.8) is 0 Å². The molecule has 0 fully saturated rings. The molecule has 1 aromatic heterocycles. The van der Waals surface area contributed by atoms with Crippen LogP contribution in [-0.4, -0.2) is 13.2 Å². The van der Waals surface area contributed by atoms with E-state index in [1.54, 1.807) is 11.3 Å². The highest BCUT2D eigenvalue weighted by Gasteiger charge is 2.17. The van der Waals surface area contributed by atoms with E-state index >= 15 is 0 Å². The summed E-state index contributed by atoms with van der Waals surface area (Å²) in [5.41, 5.74) is 0.885. The van der Waals surface area contributed by atoms with Gasteiger partial charge < -0.3 is 14.8 Å². The fraction of sp³-hybridized carbons (Fsp3) is 0.333. The number of rotatable bonds is 4. The maximum atomic E-state index is 6.33. The number of nitrogens with one attached hydrogen (secondary N) is 1. The quantitative estimate of drug-likeness (QED) is 0.885. The van der Waals surface area contributed by atoms with Gasteiger partial charge >= 0.3 is 0 Å². The summed E-state index contributed by atoms with van der Waals surface area (Å²) in [4.78, 5) is 1.30. The van der Waals surface area contributed by atoms with Crippen LogP contribution in [0.5, 0.6) is 11.5 Å². The molecule has 1 atom stereocenters. The Balaban J connectivity index is 1.86. The van der Waals surface area contributed by atoms with E-state index in [4.69, 9.17) is 21.1 Å². The van der Waals surface area contributed by atoms with Crippen molar-refractivity contribution in [2.75, 3.05) is 18.5 Å². The van der Waals surface area contributed by atoms with E-state index in [9.17, 15) is 0 Å². The van der Waals surface area contributed by atoms with E-state index in [2.05, 4.69) is 29.8 Å². The average Bonchev–Trinajstić information content (AvgIpc) is 2.99. The molecule has 1 aliphatic heterocycles. The summed E-state index contributed by atoms with van der Waals surface area (Å²) >= 11 is 8.08. The van der Waals surface area contributed by atoms with Gasteiger partial charge in [-0.3, -0.25) is 0 Å². The normalized spacial score (nSPS) is 14.9. The highest BCUT2D eigenvalue weighted by molar-refractivity contribution is 7.10. The van der Waals surface area contributed by atoms with Crippen LogP contribution in [0.2, 0.25) is 5.02 Å². The molecule has 3 rings (SSSR count). The minimum Gasteiger partial charge on any atom is -0.486 e. The molecule has 0 amide bonds. The number of hydrogen-bond acceptors (Lipinski definition) is 4. The van der Waals surface area contributed by atoms with Crippen LogP contribution in [0.1, 0.15) is 24.3 Å². The maximum absolute atomic E-state index is 6.33. The van der Waals surface area contributed by atoms with Crippen LogP contribution in [0.25, 0.3) is 0 Å². The molecule has 0 saturated heterocycles. The first-order valence-electron chi connectivity index (χ1n) is 6.67. The van der Waals surface area contributed by atoms with Gasteiger partial charge in [0.25, 0.3) is 0 Å². The Kier molecular flexibility index (Phi) is 4.03. The zero-order valence-corrected chi connectivity index (χ0v) is 12.8. The molecule has 2 heterocycles. The highest BCUT2D eigenvalue weighted by atomic mass is 35.5. The summed E-state index contributed by atoms with van der Waals surface area (Å²) in [5.74, 6) is 1.47. The molecule has 0 spiro atoms. The molecule has 106 valence electrons. The molecule has 5 heteroatoms. The van der Waals surface area contributed by atoms with Gasteiger partial charge in [0, 0.05) is 17.0 Å². The van der Waals surface area contributed by atoms with Gasteiger partial charge in [-0.05, 0) is 17.9 Å². The van der Waals surface area contributed by atoms with Gasteiger partial charge in [-0.25, -0.2) is 0 Å². The zero-order valence-electron chi connectivity index (χ0n) is 11.2. The van der Waals surface area contributed by atoms with E-state index in [1.165, 1.54) is 4.88 Å². The van der Waals surface area contributed by atoms with Crippen molar-refractivity contribution in [1.29, 1.82) is 0 Å². The molecule has 1 aromatic carbocycles. The van der Waals surface area contributed by atoms with Gasteiger partial charge in [0.05, 0.1) is 16.8 Å². The zero-order chi connectivity index (χ0) is 13.9. The summed E-state index contributed by atoms with van der Waals surface area (Å²) in [6.45, 7) is 3.31. The standard InChI is InChI=1S/C15H16ClNO2S/c1-2-11(15-4-3-7-20-15)17-12-9-14-13(8-10(12)16)18-5-6-19-14/h3-4,7-9,11,17H,2,5-6H2,1H3. The molecule has 1 aliphatic rings. The molecule has 1 unspecified atom stereocenters. The summed E-state index contributed by atoms with van der Waals surface area (Å²) in [5, 5.41) is 6.24. The molecule has 0 bridgehead atoms. The van der Waals surface area contributed by atoms with Crippen molar-refractivity contribution in [3.8, 4) is 11.5 Å². The van der Waals surface area contributed by atoms with Gasteiger partial charge in [-0.15, -0.1) is 11.3 Å². The van der Waals surface area contributed by atoms with Crippen molar-refractivity contribution >= 4 is 28.6 Å². The van der Waals surface area contributed by atoms with Crippen LogP contribution in [0, 0.1) is 0 Å². The van der Waals surface area contributed by atoms with Crippen molar-refractivity contribution in [3.05, 3.63) is 39.5 Å². The molecule has 0 saturated carbocycles. The molecule has 0 radical (unpaired) electrons. The molecule has 3 nitrogen and oxygen atoms in total. The lowest BCUT2D eigenvalue weighted by molar-refractivity contribution is 0.171. The Hall–Kier alpha value is -1.39. The number of fused-ring (bicyclic) bond motifs is 1. The monoisotopic (exact) mass is 309 g/mol. The smallest absolute Gasteiger partial charge is 0.163 e. The number of halogens is 1. The van der Waals surface area contributed by atoms with Crippen molar-refractivity contribution < 1.29 is 9.47 Å². The minimum atomic E-state index is 0.259. The fourth-order valence-electron chi connectivity index (χ4n) is 2.23. The van der Waals surface area contributed by atoms with Gasteiger partial charge in [-0.1, -0.05) is 24.6 Å². The average molecular weight is 310 g/mol. The Morgan fingerprint density at radius 1 is 1.30 bits per heavy atom. The number of ether oxygens (including phenoxy) is 2. The second kappa shape index (κ2) is 5.94. The lowest BCUT2D eigenvalue weighted by Gasteiger charge is -2.22. The second-order valence-corrected chi connectivity index (χ2v) is 5.98. The summed E-state index contributed by atoms with van der Waals surface area (Å²) < 4.78 is 11.1. The van der Waals surface area contributed by atoms with E-state index in [0.717, 1.165) is 23.6 Å². The number of benzene rings is 1. The van der Waals surface area contributed by atoms with Crippen molar-refractivity contribution in [2.24, 2.45) is 0 Å². The molecule has 0 aliphatic carbocycles. The van der Waals surface area contributed by atoms with E-state index in [1.807, 2.05) is 12.1 Å². The lowest BCUT2D eigenvalue weighted by Crippen LogP contribution is -2.16. The predicted octanol–water partition coefficient (Wildman–Crippen LogP) is 4.74. The third-order valence-electron chi connectivity index (χ3n) is 3.26. The fourth-order valence-corrected chi connectivity index (χ4v) is 3.30. The number of thiophene rings is 1. The van der Waals surface area contributed by atoms with Crippen LogP contribution in [0.15, 0.2) is 29.6 Å². The summed E-state index contributed by atoms with van der Waals surface area (Å²) in [6.07, 6.45) is 0.991. The van der Waals surface area contributed by atoms with Gasteiger partial charge in [-0.2, -0.15) is 0 Å². The third kappa shape index (κ3) is 2.72. The largest absolute Gasteiger partial charge is 0.486 e. The van der Waals surface area contributed by atoms with Crippen LogP contribution in [-0.2, 0) is 0 Å². The van der Waals surface area contributed by atoms with Crippen LogP contribution in [0.3, 0.4) is 0 Å². The molecule has 2 aromatic rings. The summed E-state index contributed by atoms with van der Waals surface area (Å²) in [7, 11) is 0. The summed E-state index contributed by atoms with van der Waals surface area (Å²) in [6, 6.07) is 8.20. The highest BCUT2D eigenvalue weighted by Crippen LogP contribution is 2.39. The van der Waals surface area contributed by atoms with Crippen LogP contribution >= 0.6 is 22.9 Å². The molecular formula is C15H16ClNO2S. The first-order valence-corrected chi connectivity index (χ1v) is 7.92. The van der Waals surface area contributed by atoms with E-state index < -0.39 is 0 Å². The topological polar surface area (TPSA) is 30.5 Å². The van der Waals surface area contributed by atoms with Crippen molar-refractivity contribution in [2.45, 2.75) is 19.4 Å². The Labute approximate surface area is 127 Å². The lowest BCUT2D eigenvalue weighted by atomic mass is 10.1. The molecule has 20 heavy (non-hydrogen) atoms. The predicted molar refractivity (Wildman–Crippen MR) is 83.4 cm³/mol. The van der Waals surface area contributed by atoms with Gasteiger partial charge in [0.15, 0.2) is 11.5 Å². The van der Waals surface area contributed by atoms with Crippen molar-refractivity contribution in [1.82, 2.24) is 0 Å². The Morgan fingerprint density at radius 3 is 2.70 bits per heavy atom.